The monoisotopic (exact) mass is 459 g/mol. The molecule has 9 nitrogen and oxygen atoms in total. The molecule has 0 bridgehead atoms. The van der Waals surface area contributed by atoms with Crippen LogP contribution in [-0.4, -0.2) is 47.0 Å². The molecular weight excluding hydrogens is 434 g/mol. The first-order valence-corrected chi connectivity index (χ1v) is 11.7. The molecule has 1 aliphatic heterocycles. The molecule has 170 valence electrons. The Balaban J connectivity index is 1.50. The summed E-state index contributed by atoms with van der Waals surface area (Å²) in [4.78, 5) is 27.1. The number of anilines is 2. The summed E-state index contributed by atoms with van der Waals surface area (Å²) in [5, 5.41) is 2.74. The van der Waals surface area contributed by atoms with Gasteiger partial charge in [-0.15, -0.1) is 0 Å². The van der Waals surface area contributed by atoms with Crippen molar-refractivity contribution in [3.05, 3.63) is 42.5 Å². The van der Waals surface area contributed by atoms with E-state index in [1.54, 1.807) is 36.3 Å². The summed E-state index contributed by atoms with van der Waals surface area (Å²) in [6.45, 7) is 0.210. The molecule has 1 saturated carbocycles. The Morgan fingerprint density at radius 3 is 2.56 bits per heavy atom. The van der Waals surface area contributed by atoms with Crippen LogP contribution in [0.1, 0.15) is 19.3 Å². The van der Waals surface area contributed by atoms with Crippen molar-refractivity contribution in [2.24, 2.45) is 5.92 Å². The fraction of sp³-hybridized carbons (Fsp3) is 0.364. The fourth-order valence-electron chi connectivity index (χ4n) is 3.59. The van der Waals surface area contributed by atoms with Crippen molar-refractivity contribution in [2.45, 2.75) is 30.2 Å². The summed E-state index contributed by atoms with van der Waals surface area (Å²) >= 11 is 0. The van der Waals surface area contributed by atoms with E-state index in [0.717, 1.165) is 12.8 Å². The number of amides is 2. The van der Waals surface area contributed by atoms with Gasteiger partial charge in [0.15, 0.2) is 0 Å². The van der Waals surface area contributed by atoms with Gasteiger partial charge < -0.3 is 19.7 Å². The van der Waals surface area contributed by atoms with Crippen LogP contribution in [0.3, 0.4) is 0 Å². The third-order valence-corrected chi connectivity index (χ3v) is 7.02. The molecule has 4 rings (SSSR count). The number of benzene rings is 2. The van der Waals surface area contributed by atoms with Gasteiger partial charge in [-0.25, -0.2) is 13.1 Å². The minimum atomic E-state index is -3.69. The maximum absolute atomic E-state index is 12.9. The smallest absolute Gasteiger partial charge is 0.240 e. The van der Waals surface area contributed by atoms with Crippen molar-refractivity contribution >= 4 is 33.2 Å². The second kappa shape index (κ2) is 8.79. The van der Waals surface area contributed by atoms with Crippen molar-refractivity contribution in [1.29, 1.82) is 0 Å². The van der Waals surface area contributed by atoms with E-state index in [1.165, 1.54) is 25.3 Å². The van der Waals surface area contributed by atoms with Crippen LogP contribution in [-0.2, 0) is 19.6 Å². The van der Waals surface area contributed by atoms with Crippen LogP contribution in [0.25, 0.3) is 0 Å². The summed E-state index contributed by atoms with van der Waals surface area (Å²) in [7, 11) is -0.710. The molecule has 10 heteroatoms. The molecule has 2 aromatic carbocycles. The normalized spacial score (nSPS) is 18.5. The van der Waals surface area contributed by atoms with Crippen molar-refractivity contribution in [2.75, 3.05) is 31.0 Å². The molecule has 2 fully saturated rings. The summed E-state index contributed by atoms with van der Waals surface area (Å²) in [5.41, 5.74) is 0.893. The molecule has 2 amide bonds. The number of methoxy groups -OCH3 is 2. The molecule has 2 aliphatic rings. The van der Waals surface area contributed by atoms with E-state index in [1.807, 2.05) is 0 Å². The Hall–Kier alpha value is -3.11. The van der Waals surface area contributed by atoms with Crippen molar-refractivity contribution in [1.82, 2.24) is 4.72 Å². The highest BCUT2D eigenvalue weighted by Crippen LogP contribution is 2.32. The maximum Gasteiger partial charge on any atom is 0.240 e. The van der Waals surface area contributed by atoms with Gasteiger partial charge in [0.2, 0.25) is 21.8 Å². The van der Waals surface area contributed by atoms with Crippen molar-refractivity contribution < 1.29 is 27.5 Å². The van der Waals surface area contributed by atoms with Crippen molar-refractivity contribution in [3.63, 3.8) is 0 Å². The lowest BCUT2D eigenvalue weighted by Crippen LogP contribution is -2.28. The molecule has 1 aliphatic carbocycles. The first kappa shape index (κ1) is 22.1. The summed E-state index contributed by atoms with van der Waals surface area (Å²) in [6, 6.07) is 11.3. The zero-order valence-electron chi connectivity index (χ0n) is 17.8. The van der Waals surface area contributed by atoms with E-state index >= 15 is 0 Å². The third kappa shape index (κ3) is 4.71. The van der Waals surface area contributed by atoms with Crippen molar-refractivity contribution in [3.8, 4) is 11.5 Å². The van der Waals surface area contributed by atoms with E-state index < -0.39 is 15.9 Å². The number of hydrogen-bond donors (Lipinski definition) is 2. The van der Waals surface area contributed by atoms with Crippen LogP contribution in [0.5, 0.6) is 11.5 Å². The average Bonchev–Trinajstić information content (AvgIpc) is 3.50. The number of rotatable bonds is 8. The van der Waals surface area contributed by atoms with E-state index in [0.29, 0.717) is 17.2 Å². The number of hydrogen-bond acceptors (Lipinski definition) is 6. The molecule has 32 heavy (non-hydrogen) atoms. The molecule has 1 heterocycles. The standard InChI is InChI=1S/C22H25N3O6S/c1-30-17-5-3-4-16(11-17)25-13-14(10-21(25)26)22(27)23-19-12-18(8-9-20(19)31-2)32(28,29)24-15-6-7-15/h3-5,8-9,11-12,14-15,24H,6-7,10,13H2,1-2H3,(H,23,27). The van der Waals surface area contributed by atoms with Gasteiger partial charge in [0.1, 0.15) is 11.5 Å². The largest absolute Gasteiger partial charge is 0.497 e. The fourth-order valence-corrected chi connectivity index (χ4v) is 4.92. The first-order valence-electron chi connectivity index (χ1n) is 10.3. The van der Waals surface area contributed by atoms with Gasteiger partial charge in [-0.2, -0.15) is 0 Å². The first-order chi connectivity index (χ1) is 15.3. The van der Waals surface area contributed by atoms with Crippen LogP contribution < -0.4 is 24.4 Å². The van der Waals surface area contributed by atoms with Crippen LogP contribution in [0.2, 0.25) is 0 Å². The van der Waals surface area contributed by atoms with Gasteiger partial charge in [-0.05, 0) is 43.2 Å². The highest BCUT2D eigenvalue weighted by atomic mass is 32.2. The average molecular weight is 460 g/mol. The highest BCUT2D eigenvalue weighted by molar-refractivity contribution is 7.89. The Kier molecular flexibility index (Phi) is 6.07. The van der Waals surface area contributed by atoms with E-state index in [9.17, 15) is 18.0 Å². The van der Waals surface area contributed by atoms with Gasteiger partial charge in [0.25, 0.3) is 0 Å². The molecule has 1 unspecified atom stereocenters. The van der Waals surface area contributed by atoms with Gasteiger partial charge in [0.05, 0.1) is 30.7 Å². The second-order valence-corrected chi connectivity index (χ2v) is 9.57. The number of nitrogens with one attached hydrogen (secondary N) is 2. The number of carbonyl (C=O) groups excluding carboxylic acids is 2. The Bertz CT molecular complexity index is 1150. The maximum atomic E-state index is 12.9. The molecule has 2 N–H and O–H groups in total. The topological polar surface area (TPSA) is 114 Å². The zero-order valence-corrected chi connectivity index (χ0v) is 18.6. The van der Waals surface area contributed by atoms with Crippen LogP contribution in [0.4, 0.5) is 11.4 Å². The quantitative estimate of drug-likeness (QED) is 0.625. The molecule has 0 aromatic heterocycles. The lowest BCUT2D eigenvalue weighted by molar-refractivity contribution is -0.122. The van der Waals surface area contributed by atoms with Crippen LogP contribution in [0, 0.1) is 5.92 Å². The van der Waals surface area contributed by atoms with E-state index in [4.69, 9.17) is 9.47 Å². The molecule has 1 saturated heterocycles. The molecule has 2 aromatic rings. The lowest BCUT2D eigenvalue weighted by atomic mass is 10.1. The summed E-state index contributed by atoms with van der Waals surface area (Å²) in [5.74, 6) is -0.200. The van der Waals surface area contributed by atoms with Crippen LogP contribution >= 0.6 is 0 Å². The minimum absolute atomic E-state index is 0.0350. The van der Waals surface area contributed by atoms with Gasteiger partial charge in [-0.3, -0.25) is 9.59 Å². The number of sulfonamides is 1. The molecule has 0 spiro atoms. The Morgan fingerprint density at radius 1 is 1.09 bits per heavy atom. The van der Waals surface area contributed by atoms with E-state index in [-0.39, 0.29) is 41.4 Å². The Labute approximate surface area is 186 Å². The highest BCUT2D eigenvalue weighted by Gasteiger charge is 2.36. The SMILES string of the molecule is COc1cccc(N2CC(C(=O)Nc3cc(S(=O)(=O)NC4CC4)ccc3OC)CC2=O)c1. The number of carbonyl (C=O) groups is 2. The number of ether oxygens (including phenoxy) is 2. The van der Waals surface area contributed by atoms with Gasteiger partial charge in [-0.1, -0.05) is 6.07 Å². The minimum Gasteiger partial charge on any atom is -0.497 e. The van der Waals surface area contributed by atoms with Gasteiger partial charge in [0, 0.05) is 30.8 Å². The summed E-state index contributed by atoms with van der Waals surface area (Å²) in [6.07, 6.45) is 1.68. The predicted molar refractivity (Wildman–Crippen MR) is 118 cm³/mol. The van der Waals surface area contributed by atoms with Crippen LogP contribution in [0.15, 0.2) is 47.4 Å². The molecule has 0 radical (unpaired) electrons. The lowest BCUT2D eigenvalue weighted by Gasteiger charge is -2.18. The Morgan fingerprint density at radius 2 is 1.88 bits per heavy atom. The third-order valence-electron chi connectivity index (χ3n) is 5.50. The summed E-state index contributed by atoms with van der Waals surface area (Å²) < 4.78 is 38.2. The second-order valence-electron chi connectivity index (χ2n) is 7.85. The van der Waals surface area contributed by atoms with E-state index in [2.05, 4.69) is 10.0 Å². The molecular formula is C22H25N3O6S. The zero-order chi connectivity index (χ0) is 22.9. The van der Waals surface area contributed by atoms with Gasteiger partial charge >= 0.3 is 0 Å². The molecule has 1 atom stereocenters. The predicted octanol–water partition coefficient (Wildman–Crippen LogP) is 2.14. The number of nitrogens with zero attached hydrogens (tertiary/aromatic N) is 1.